The predicted octanol–water partition coefficient (Wildman–Crippen LogP) is 3.76. The summed E-state index contributed by atoms with van der Waals surface area (Å²) in [4.78, 5) is 32.0. The Labute approximate surface area is 175 Å². The molecule has 0 radical (unpaired) electrons. The zero-order chi connectivity index (χ0) is 21.8. The van der Waals surface area contributed by atoms with E-state index in [-0.39, 0.29) is 24.0 Å². The first-order valence-corrected chi connectivity index (χ1v) is 9.85. The number of hydrogen-bond acceptors (Lipinski definition) is 4. The molecule has 5 rings (SSSR count). The Kier molecular flexibility index (Phi) is 4.51. The van der Waals surface area contributed by atoms with Gasteiger partial charge in [0.1, 0.15) is 5.75 Å². The van der Waals surface area contributed by atoms with Gasteiger partial charge in [0.05, 0.1) is 18.2 Å². The molecule has 2 aliphatic rings. The van der Waals surface area contributed by atoms with E-state index >= 15 is 0 Å². The molecule has 2 aromatic carbocycles. The summed E-state index contributed by atoms with van der Waals surface area (Å²) < 4.78 is 41.9. The number of para-hydroxylation sites is 1. The molecule has 9 heteroatoms. The number of ether oxygens (including phenoxy) is 1. The van der Waals surface area contributed by atoms with E-state index in [1.807, 2.05) is 11.0 Å². The third-order valence-corrected chi connectivity index (χ3v) is 5.79. The smallest absolute Gasteiger partial charge is 0.406 e. The molecule has 0 aliphatic carbocycles. The molecule has 1 atom stereocenters. The van der Waals surface area contributed by atoms with Crippen molar-refractivity contribution in [3.05, 3.63) is 59.8 Å². The summed E-state index contributed by atoms with van der Waals surface area (Å²) in [6.45, 7) is 0.926. The van der Waals surface area contributed by atoms with Gasteiger partial charge in [-0.15, -0.1) is 13.2 Å². The van der Waals surface area contributed by atoms with Crippen LogP contribution in [0.1, 0.15) is 17.7 Å². The largest absolute Gasteiger partial charge is 0.573 e. The molecule has 2 amide bonds. The number of aromatic nitrogens is 1. The topological polar surface area (TPSA) is 65.6 Å². The van der Waals surface area contributed by atoms with Crippen LogP contribution in [-0.2, 0) is 22.6 Å². The summed E-state index contributed by atoms with van der Waals surface area (Å²) in [6, 6.07) is 12.4. The fraction of sp³-hybridized carbons (Fsp3) is 0.273. The molecule has 0 spiro atoms. The van der Waals surface area contributed by atoms with E-state index in [1.54, 1.807) is 30.3 Å². The molecule has 0 bridgehead atoms. The summed E-state index contributed by atoms with van der Waals surface area (Å²) in [7, 11) is 0. The average molecular weight is 429 g/mol. The van der Waals surface area contributed by atoms with Crippen molar-refractivity contribution in [2.45, 2.75) is 31.8 Å². The Hall–Kier alpha value is -3.33. The van der Waals surface area contributed by atoms with E-state index in [4.69, 9.17) is 0 Å². The van der Waals surface area contributed by atoms with Crippen molar-refractivity contribution in [2.75, 3.05) is 11.4 Å². The number of benzene rings is 2. The second-order valence-corrected chi connectivity index (χ2v) is 7.68. The Bertz CT molecular complexity index is 1170. The number of H-pyrrole nitrogens is 1. The molecule has 0 saturated carbocycles. The van der Waals surface area contributed by atoms with Crippen LogP contribution in [0.3, 0.4) is 0 Å². The first-order chi connectivity index (χ1) is 14.8. The van der Waals surface area contributed by atoms with Gasteiger partial charge in [-0.25, -0.2) is 4.90 Å². The quantitative estimate of drug-likeness (QED) is 0.644. The second-order valence-electron chi connectivity index (χ2n) is 7.68. The maximum atomic E-state index is 13.1. The first-order valence-electron chi connectivity index (χ1n) is 9.85. The fourth-order valence-electron chi connectivity index (χ4n) is 4.43. The van der Waals surface area contributed by atoms with E-state index in [1.165, 1.54) is 17.0 Å². The normalized spacial score (nSPS) is 19.8. The van der Waals surface area contributed by atoms with Crippen LogP contribution in [0.4, 0.5) is 18.9 Å². The van der Waals surface area contributed by atoms with E-state index < -0.39 is 12.4 Å². The minimum absolute atomic E-state index is 0.0772. The number of anilines is 1. The summed E-state index contributed by atoms with van der Waals surface area (Å²) in [5.41, 5.74) is 3.00. The van der Waals surface area contributed by atoms with Crippen LogP contribution in [0.15, 0.2) is 48.5 Å². The van der Waals surface area contributed by atoms with Crippen molar-refractivity contribution in [1.82, 2.24) is 9.88 Å². The highest BCUT2D eigenvalue weighted by Crippen LogP contribution is 2.34. The highest BCUT2D eigenvalue weighted by molar-refractivity contribution is 6.22. The Morgan fingerprint density at radius 3 is 2.58 bits per heavy atom. The van der Waals surface area contributed by atoms with Gasteiger partial charge in [0.15, 0.2) is 0 Å². The number of amides is 2. The van der Waals surface area contributed by atoms with Gasteiger partial charge >= 0.3 is 6.36 Å². The molecule has 3 heterocycles. The lowest BCUT2D eigenvalue weighted by molar-refractivity contribution is -0.274. The number of carbonyl (C=O) groups excluding carboxylic acids is 2. The Morgan fingerprint density at radius 1 is 1.06 bits per heavy atom. The van der Waals surface area contributed by atoms with Gasteiger partial charge in [-0.3, -0.25) is 14.5 Å². The summed E-state index contributed by atoms with van der Waals surface area (Å²) in [5.74, 6) is -0.825. The van der Waals surface area contributed by atoms with Crippen LogP contribution in [0.2, 0.25) is 0 Å². The van der Waals surface area contributed by atoms with Crippen molar-refractivity contribution >= 4 is 28.4 Å². The molecule has 3 aromatic rings. The monoisotopic (exact) mass is 429 g/mol. The van der Waals surface area contributed by atoms with Crippen LogP contribution >= 0.6 is 0 Å². The minimum atomic E-state index is -4.77. The maximum Gasteiger partial charge on any atom is 0.573 e. The molecule has 1 unspecified atom stereocenters. The van der Waals surface area contributed by atoms with Gasteiger partial charge in [0.2, 0.25) is 5.91 Å². The van der Waals surface area contributed by atoms with Crippen LogP contribution in [-0.4, -0.2) is 40.6 Å². The van der Waals surface area contributed by atoms with E-state index in [0.717, 1.165) is 11.3 Å². The van der Waals surface area contributed by atoms with Crippen LogP contribution in [0, 0.1) is 0 Å². The number of aromatic amines is 1. The number of nitrogens with one attached hydrogen (secondary N) is 1. The molecule has 1 aromatic heterocycles. The minimum Gasteiger partial charge on any atom is -0.406 e. The first kappa shape index (κ1) is 19.6. The van der Waals surface area contributed by atoms with Gasteiger partial charge in [-0.1, -0.05) is 18.2 Å². The standard InChI is InChI=1S/C22H18F3N3O3/c23-22(24,25)31-14-6-7-17-15(10-14)16-12-27(9-8-18(16)26-17)19-11-20(29)28(21(19)30)13-4-2-1-3-5-13/h1-7,10,19,26H,8-9,11-12H2. The lowest BCUT2D eigenvalue weighted by Gasteiger charge is -2.31. The van der Waals surface area contributed by atoms with Crippen LogP contribution in [0.25, 0.3) is 10.9 Å². The predicted molar refractivity (Wildman–Crippen MR) is 106 cm³/mol. The molecule has 2 aliphatic heterocycles. The van der Waals surface area contributed by atoms with Crippen molar-refractivity contribution in [3.63, 3.8) is 0 Å². The second kappa shape index (κ2) is 7.12. The van der Waals surface area contributed by atoms with Crippen molar-refractivity contribution in [1.29, 1.82) is 0 Å². The zero-order valence-corrected chi connectivity index (χ0v) is 16.3. The van der Waals surface area contributed by atoms with Crippen molar-refractivity contribution in [3.8, 4) is 5.75 Å². The number of carbonyl (C=O) groups is 2. The van der Waals surface area contributed by atoms with Gasteiger partial charge in [0, 0.05) is 36.1 Å². The molecule has 1 fully saturated rings. The van der Waals surface area contributed by atoms with Gasteiger partial charge in [0.25, 0.3) is 5.91 Å². The fourth-order valence-corrected chi connectivity index (χ4v) is 4.43. The number of rotatable bonds is 3. The van der Waals surface area contributed by atoms with E-state index in [2.05, 4.69) is 9.72 Å². The number of alkyl halides is 3. The molecule has 1 N–H and O–H groups in total. The van der Waals surface area contributed by atoms with Crippen molar-refractivity contribution in [2.24, 2.45) is 0 Å². The highest BCUT2D eigenvalue weighted by Gasteiger charge is 2.43. The number of imide groups is 1. The van der Waals surface area contributed by atoms with E-state index in [0.29, 0.717) is 36.1 Å². The van der Waals surface area contributed by atoms with Crippen molar-refractivity contribution < 1.29 is 27.5 Å². The molecule has 160 valence electrons. The Balaban J connectivity index is 1.42. The van der Waals surface area contributed by atoms with Gasteiger partial charge in [-0.05, 0) is 35.9 Å². The molecular formula is C22H18F3N3O3. The molecule has 31 heavy (non-hydrogen) atoms. The third-order valence-electron chi connectivity index (χ3n) is 5.79. The summed E-state index contributed by atoms with van der Waals surface area (Å²) in [5, 5.41) is 0.623. The highest BCUT2D eigenvalue weighted by atomic mass is 19.4. The van der Waals surface area contributed by atoms with Crippen LogP contribution < -0.4 is 9.64 Å². The molecule has 1 saturated heterocycles. The molecular weight excluding hydrogens is 411 g/mol. The third kappa shape index (κ3) is 3.54. The summed E-state index contributed by atoms with van der Waals surface area (Å²) in [6.07, 6.45) is -4.09. The average Bonchev–Trinajstić information content (AvgIpc) is 3.23. The summed E-state index contributed by atoms with van der Waals surface area (Å²) >= 11 is 0. The number of fused-ring (bicyclic) bond motifs is 3. The van der Waals surface area contributed by atoms with Gasteiger partial charge in [-0.2, -0.15) is 0 Å². The lowest BCUT2D eigenvalue weighted by atomic mass is 10.0. The number of nitrogens with zero attached hydrogens (tertiary/aromatic N) is 2. The van der Waals surface area contributed by atoms with E-state index in [9.17, 15) is 22.8 Å². The van der Waals surface area contributed by atoms with Gasteiger partial charge < -0.3 is 9.72 Å². The lowest BCUT2D eigenvalue weighted by Crippen LogP contribution is -2.44. The maximum absolute atomic E-state index is 13.1. The zero-order valence-electron chi connectivity index (χ0n) is 16.3. The number of halogens is 3. The van der Waals surface area contributed by atoms with Crippen LogP contribution in [0.5, 0.6) is 5.75 Å². The molecule has 6 nitrogen and oxygen atoms in total. The Morgan fingerprint density at radius 2 is 1.84 bits per heavy atom. The SMILES string of the molecule is O=C1CC(N2CCc3[nH]c4ccc(OC(F)(F)F)cc4c3C2)C(=O)N1c1ccccc1. The number of hydrogen-bond donors (Lipinski definition) is 1.